The molecular weight excluding hydrogens is 444 g/mol. The molecule has 0 radical (unpaired) electrons. The number of carbonyl (C=O) groups is 2. The fourth-order valence-corrected chi connectivity index (χ4v) is 3.66. The quantitative estimate of drug-likeness (QED) is 0.549. The van der Waals surface area contributed by atoms with Crippen molar-refractivity contribution in [3.8, 4) is 23.0 Å². The zero-order valence-corrected chi connectivity index (χ0v) is 19.9. The number of ether oxygens (including phenoxy) is 4. The minimum absolute atomic E-state index is 0.767. The molecule has 1 saturated heterocycles. The van der Waals surface area contributed by atoms with E-state index in [2.05, 4.69) is 28.0 Å². The van der Waals surface area contributed by atoms with Crippen molar-refractivity contribution in [1.82, 2.24) is 9.80 Å². The Morgan fingerprint density at radius 3 is 1.79 bits per heavy atom. The van der Waals surface area contributed by atoms with Crippen LogP contribution in [0.25, 0.3) is 0 Å². The second-order valence-corrected chi connectivity index (χ2v) is 7.50. The summed E-state index contributed by atoms with van der Waals surface area (Å²) in [5, 5.41) is 14.8. The van der Waals surface area contributed by atoms with Gasteiger partial charge in [0.25, 0.3) is 0 Å². The van der Waals surface area contributed by atoms with Crippen LogP contribution in [0.3, 0.4) is 0 Å². The lowest BCUT2D eigenvalue weighted by atomic mass is 10.1. The lowest BCUT2D eigenvalue weighted by Crippen LogP contribution is -2.45. The van der Waals surface area contributed by atoms with E-state index < -0.39 is 11.9 Å². The van der Waals surface area contributed by atoms with Crippen LogP contribution in [0.2, 0.25) is 0 Å². The van der Waals surface area contributed by atoms with Crippen LogP contribution in [0.15, 0.2) is 36.4 Å². The molecule has 0 amide bonds. The van der Waals surface area contributed by atoms with Gasteiger partial charge in [-0.05, 0) is 23.8 Å². The second kappa shape index (κ2) is 13.3. The second-order valence-electron chi connectivity index (χ2n) is 7.50. The number of benzene rings is 2. The summed E-state index contributed by atoms with van der Waals surface area (Å²) in [5.41, 5.74) is 2.40. The number of nitrogens with zero attached hydrogens (tertiary/aromatic N) is 2. The summed E-state index contributed by atoms with van der Waals surface area (Å²) in [6, 6.07) is 12.2. The monoisotopic (exact) mass is 476 g/mol. The zero-order valence-electron chi connectivity index (χ0n) is 19.9. The molecule has 1 aliphatic heterocycles. The van der Waals surface area contributed by atoms with Crippen LogP contribution in [-0.2, 0) is 22.7 Å². The summed E-state index contributed by atoms with van der Waals surface area (Å²) < 4.78 is 21.7. The highest BCUT2D eigenvalue weighted by Crippen LogP contribution is 2.32. The first-order valence-electron chi connectivity index (χ1n) is 10.6. The van der Waals surface area contributed by atoms with Crippen LogP contribution >= 0.6 is 0 Å². The van der Waals surface area contributed by atoms with E-state index in [1.54, 1.807) is 28.4 Å². The Hall–Kier alpha value is -3.50. The van der Waals surface area contributed by atoms with Crippen molar-refractivity contribution in [2.75, 3.05) is 54.6 Å². The SMILES string of the molecule is COc1ccc(CN2CCN(Cc3cccc(OC)c3OC)CC2)cc1OC.O=C(O)C(=O)O. The van der Waals surface area contributed by atoms with Crippen LogP contribution in [0.1, 0.15) is 11.1 Å². The molecule has 0 aliphatic carbocycles. The Morgan fingerprint density at radius 2 is 1.29 bits per heavy atom. The molecule has 0 atom stereocenters. The maximum atomic E-state index is 9.10. The Balaban J connectivity index is 0.000000604. The Labute approximate surface area is 199 Å². The van der Waals surface area contributed by atoms with Crippen LogP contribution in [0.4, 0.5) is 0 Å². The number of methoxy groups -OCH3 is 4. The fraction of sp³-hybridized carbons (Fsp3) is 0.417. The summed E-state index contributed by atoms with van der Waals surface area (Å²) in [5.74, 6) is -0.484. The third-order valence-corrected chi connectivity index (χ3v) is 5.38. The predicted octanol–water partition coefficient (Wildman–Crippen LogP) is 2.19. The number of carboxylic acids is 2. The minimum Gasteiger partial charge on any atom is -0.493 e. The number of carboxylic acid groups (broad SMARTS) is 2. The molecule has 0 saturated carbocycles. The Bertz CT molecular complexity index is 946. The summed E-state index contributed by atoms with van der Waals surface area (Å²) in [6.07, 6.45) is 0. The van der Waals surface area contributed by atoms with Gasteiger partial charge in [-0.2, -0.15) is 0 Å². The number of hydrogen-bond acceptors (Lipinski definition) is 8. The average molecular weight is 477 g/mol. The summed E-state index contributed by atoms with van der Waals surface area (Å²) in [7, 11) is 6.71. The van der Waals surface area contributed by atoms with E-state index in [-0.39, 0.29) is 0 Å². The zero-order chi connectivity index (χ0) is 25.1. The van der Waals surface area contributed by atoms with E-state index >= 15 is 0 Å². The highest BCUT2D eigenvalue weighted by atomic mass is 16.5. The molecule has 34 heavy (non-hydrogen) atoms. The summed E-state index contributed by atoms with van der Waals surface area (Å²) in [4.78, 5) is 23.1. The topological polar surface area (TPSA) is 118 Å². The molecule has 0 bridgehead atoms. The van der Waals surface area contributed by atoms with E-state index in [4.69, 9.17) is 38.7 Å². The molecule has 1 fully saturated rings. The number of piperazine rings is 1. The van der Waals surface area contributed by atoms with Crippen molar-refractivity contribution in [3.05, 3.63) is 47.5 Å². The van der Waals surface area contributed by atoms with Gasteiger partial charge in [-0.1, -0.05) is 18.2 Å². The third-order valence-electron chi connectivity index (χ3n) is 5.38. The summed E-state index contributed by atoms with van der Waals surface area (Å²) in [6.45, 7) is 5.88. The van der Waals surface area contributed by atoms with Crippen LogP contribution in [-0.4, -0.2) is 86.6 Å². The smallest absolute Gasteiger partial charge is 0.414 e. The van der Waals surface area contributed by atoms with Crippen molar-refractivity contribution < 1.29 is 38.7 Å². The van der Waals surface area contributed by atoms with Crippen molar-refractivity contribution in [2.24, 2.45) is 0 Å². The molecule has 186 valence electrons. The predicted molar refractivity (Wildman–Crippen MR) is 125 cm³/mol. The first kappa shape index (κ1) is 26.7. The van der Waals surface area contributed by atoms with Crippen molar-refractivity contribution in [1.29, 1.82) is 0 Å². The van der Waals surface area contributed by atoms with E-state index in [9.17, 15) is 0 Å². The molecular formula is C24H32N2O8. The van der Waals surface area contributed by atoms with E-state index in [0.29, 0.717) is 0 Å². The van der Waals surface area contributed by atoms with Gasteiger partial charge in [0.05, 0.1) is 28.4 Å². The van der Waals surface area contributed by atoms with Gasteiger partial charge in [0.1, 0.15) is 0 Å². The lowest BCUT2D eigenvalue weighted by Gasteiger charge is -2.35. The van der Waals surface area contributed by atoms with Crippen LogP contribution < -0.4 is 18.9 Å². The van der Waals surface area contributed by atoms with E-state index in [1.807, 2.05) is 18.2 Å². The maximum absolute atomic E-state index is 9.10. The van der Waals surface area contributed by atoms with Gasteiger partial charge >= 0.3 is 11.9 Å². The molecule has 2 N–H and O–H groups in total. The van der Waals surface area contributed by atoms with Crippen molar-refractivity contribution in [2.45, 2.75) is 13.1 Å². The maximum Gasteiger partial charge on any atom is 0.414 e. The van der Waals surface area contributed by atoms with Crippen molar-refractivity contribution in [3.63, 3.8) is 0 Å². The molecule has 3 rings (SSSR count). The van der Waals surface area contributed by atoms with Gasteiger partial charge in [-0.15, -0.1) is 0 Å². The number of para-hydroxylation sites is 1. The first-order chi connectivity index (χ1) is 16.3. The minimum atomic E-state index is -1.82. The number of aliphatic carboxylic acids is 2. The van der Waals surface area contributed by atoms with Gasteiger partial charge in [0.2, 0.25) is 0 Å². The fourth-order valence-electron chi connectivity index (χ4n) is 3.66. The third kappa shape index (κ3) is 7.53. The van der Waals surface area contributed by atoms with Gasteiger partial charge in [-0.3, -0.25) is 9.80 Å². The van der Waals surface area contributed by atoms with E-state index in [1.165, 1.54) is 5.56 Å². The largest absolute Gasteiger partial charge is 0.493 e. The van der Waals surface area contributed by atoms with Crippen LogP contribution in [0, 0.1) is 0 Å². The van der Waals surface area contributed by atoms with Gasteiger partial charge in [0, 0.05) is 44.8 Å². The molecule has 1 aliphatic rings. The Kier molecular flexibility index (Phi) is 10.4. The standard InChI is InChI=1S/C22H30N2O4.C2H2O4/c1-25-19-9-8-17(14-21(19)27-3)15-23-10-12-24(13-11-23)16-18-6-5-7-20(26-2)22(18)28-4;3-1(4)2(5)6/h5-9,14H,10-13,15-16H2,1-4H3;(H,3,4)(H,5,6). The highest BCUT2D eigenvalue weighted by molar-refractivity contribution is 6.27. The molecule has 2 aromatic carbocycles. The molecule has 10 heteroatoms. The van der Waals surface area contributed by atoms with Gasteiger partial charge < -0.3 is 29.2 Å². The molecule has 0 spiro atoms. The molecule has 1 heterocycles. The number of hydrogen-bond donors (Lipinski definition) is 2. The first-order valence-corrected chi connectivity index (χ1v) is 10.6. The van der Waals surface area contributed by atoms with Crippen molar-refractivity contribution >= 4 is 11.9 Å². The van der Waals surface area contributed by atoms with E-state index in [0.717, 1.165) is 67.8 Å². The lowest BCUT2D eigenvalue weighted by molar-refractivity contribution is -0.159. The Morgan fingerprint density at radius 1 is 0.735 bits per heavy atom. The normalized spacial score (nSPS) is 13.9. The molecule has 10 nitrogen and oxygen atoms in total. The molecule has 2 aromatic rings. The molecule has 0 aromatic heterocycles. The summed E-state index contributed by atoms with van der Waals surface area (Å²) >= 11 is 0. The van der Waals surface area contributed by atoms with Gasteiger partial charge in [-0.25, -0.2) is 9.59 Å². The van der Waals surface area contributed by atoms with Crippen LogP contribution in [0.5, 0.6) is 23.0 Å². The molecule has 0 unspecified atom stereocenters. The van der Waals surface area contributed by atoms with Gasteiger partial charge in [0.15, 0.2) is 23.0 Å². The number of rotatable bonds is 8. The highest BCUT2D eigenvalue weighted by Gasteiger charge is 2.20. The average Bonchev–Trinajstić information content (AvgIpc) is 2.85.